The average molecular weight is 463 g/mol. The molecule has 1 spiro atoms. The Morgan fingerprint density at radius 2 is 1.10 bits per heavy atom. The lowest BCUT2D eigenvalue weighted by molar-refractivity contribution is -0.121. The number of phenolic OH excluding ortho intramolecular Hbond substituents is 2. The van der Waals surface area contributed by atoms with E-state index in [4.69, 9.17) is 23.2 Å². The molecule has 2 aromatic rings. The van der Waals surface area contributed by atoms with Gasteiger partial charge in [-0.2, -0.15) is 0 Å². The lowest BCUT2D eigenvalue weighted by Crippen LogP contribution is -2.62. The van der Waals surface area contributed by atoms with Gasteiger partial charge in [0.05, 0.1) is 10.0 Å². The van der Waals surface area contributed by atoms with Crippen LogP contribution in [0.4, 0.5) is 11.4 Å². The van der Waals surface area contributed by atoms with E-state index >= 15 is 0 Å². The molecule has 0 bridgehead atoms. The highest BCUT2D eigenvalue weighted by Gasteiger charge is 2.68. The van der Waals surface area contributed by atoms with Crippen LogP contribution in [0.2, 0.25) is 10.0 Å². The summed E-state index contributed by atoms with van der Waals surface area (Å²) in [5, 5.41) is 20.8. The Kier molecular flexibility index (Phi) is 5.14. The predicted octanol–water partition coefficient (Wildman–Crippen LogP) is 5.04. The lowest BCUT2D eigenvalue weighted by Gasteiger charge is -2.47. The topological polar surface area (TPSA) is 81.1 Å². The van der Waals surface area contributed by atoms with Crippen molar-refractivity contribution in [2.24, 2.45) is 23.7 Å². The summed E-state index contributed by atoms with van der Waals surface area (Å²) >= 11 is 12.0. The molecule has 2 aliphatic rings. The van der Waals surface area contributed by atoms with Gasteiger partial charge in [0.2, 0.25) is 11.8 Å². The van der Waals surface area contributed by atoms with Crippen LogP contribution in [0.5, 0.6) is 11.5 Å². The minimum absolute atomic E-state index is 0.143. The Morgan fingerprint density at radius 1 is 0.742 bits per heavy atom. The van der Waals surface area contributed by atoms with E-state index in [1.54, 1.807) is 21.9 Å². The summed E-state index contributed by atoms with van der Waals surface area (Å²) < 4.78 is 0. The molecular formula is C23H24Cl2N2O4. The van der Waals surface area contributed by atoms with Gasteiger partial charge in [-0.05, 0) is 24.3 Å². The second-order valence-corrected chi connectivity index (χ2v) is 9.37. The zero-order valence-electron chi connectivity index (χ0n) is 17.6. The Labute approximate surface area is 191 Å². The number of anilines is 2. The molecule has 8 heteroatoms. The number of hydrogen-bond acceptors (Lipinski definition) is 4. The maximum Gasteiger partial charge on any atom is 0.232 e. The number of halogens is 2. The Hall–Kier alpha value is -2.44. The van der Waals surface area contributed by atoms with Crippen LogP contribution in [-0.2, 0) is 9.59 Å². The zero-order chi connectivity index (χ0) is 22.8. The molecule has 0 aromatic heterocycles. The molecule has 2 aromatic carbocycles. The molecule has 31 heavy (non-hydrogen) atoms. The number of phenols is 2. The summed E-state index contributed by atoms with van der Waals surface area (Å²) in [6, 6.07) is 9.30. The first-order valence-corrected chi connectivity index (χ1v) is 10.9. The number of carbonyl (C=O) groups is 2. The molecule has 2 amide bonds. The summed E-state index contributed by atoms with van der Waals surface area (Å²) in [5.41, 5.74) is -0.117. The van der Waals surface area contributed by atoms with E-state index in [0.717, 1.165) is 0 Å². The second-order valence-electron chi connectivity index (χ2n) is 8.56. The fraction of sp³-hybridized carbons (Fsp3) is 0.391. The third-order valence-corrected chi connectivity index (χ3v) is 7.79. The first-order chi connectivity index (χ1) is 14.5. The summed E-state index contributed by atoms with van der Waals surface area (Å²) in [4.78, 5) is 30.3. The first kappa shape index (κ1) is 21.8. The van der Waals surface area contributed by atoms with Crippen molar-refractivity contribution >= 4 is 46.4 Å². The van der Waals surface area contributed by atoms with Crippen molar-refractivity contribution in [3.05, 3.63) is 46.4 Å². The standard InChI is InChI=1S/C23H24Cl2N2O4/c1-11-13(3)23(26(21(11)30)15-5-7-17(24)19(28)9-15)14(4)12(2)22(31)27(23)16-6-8-18(25)20(29)10-16/h5-14,28-29H,1-4H3. The highest BCUT2D eigenvalue weighted by atomic mass is 35.5. The van der Waals surface area contributed by atoms with Crippen LogP contribution in [0, 0.1) is 23.7 Å². The SMILES string of the molecule is CC1C(=O)N(c2ccc(Cl)c(O)c2)C2(C1C)C(C)C(C)C(=O)N2c1ccc(Cl)c(O)c1. The van der Waals surface area contributed by atoms with Crippen molar-refractivity contribution in [2.45, 2.75) is 33.4 Å². The molecule has 4 rings (SSSR count). The van der Waals surface area contributed by atoms with E-state index in [9.17, 15) is 19.8 Å². The van der Waals surface area contributed by atoms with Crippen LogP contribution in [0.3, 0.4) is 0 Å². The Bertz CT molecular complexity index is 1000. The van der Waals surface area contributed by atoms with Crippen LogP contribution in [0.15, 0.2) is 36.4 Å². The molecule has 2 aliphatic heterocycles. The van der Waals surface area contributed by atoms with Crippen molar-refractivity contribution in [1.29, 1.82) is 0 Å². The Balaban J connectivity index is 2.01. The van der Waals surface area contributed by atoms with Crippen LogP contribution >= 0.6 is 23.2 Å². The second kappa shape index (κ2) is 7.31. The van der Waals surface area contributed by atoms with Crippen LogP contribution in [0.1, 0.15) is 27.7 Å². The number of nitrogens with zero attached hydrogens (tertiary/aromatic N) is 2. The smallest absolute Gasteiger partial charge is 0.232 e. The van der Waals surface area contributed by atoms with Gasteiger partial charge >= 0.3 is 0 Å². The molecule has 0 saturated carbocycles. The Morgan fingerprint density at radius 3 is 1.42 bits per heavy atom. The molecule has 6 nitrogen and oxygen atoms in total. The molecular weight excluding hydrogens is 439 g/mol. The van der Waals surface area contributed by atoms with Crippen molar-refractivity contribution in [3.8, 4) is 11.5 Å². The molecule has 2 fully saturated rings. The molecule has 2 heterocycles. The quantitative estimate of drug-likeness (QED) is 0.654. The normalized spacial score (nSPS) is 30.6. The fourth-order valence-corrected chi connectivity index (χ4v) is 5.44. The summed E-state index contributed by atoms with van der Waals surface area (Å²) in [6.07, 6.45) is 0. The third-order valence-electron chi connectivity index (χ3n) is 7.15. The van der Waals surface area contributed by atoms with Crippen LogP contribution < -0.4 is 9.80 Å². The monoisotopic (exact) mass is 462 g/mol. The van der Waals surface area contributed by atoms with Gasteiger partial charge in [0, 0.05) is 47.2 Å². The number of rotatable bonds is 2. The highest BCUT2D eigenvalue weighted by molar-refractivity contribution is 6.32. The third kappa shape index (κ3) is 2.84. The van der Waals surface area contributed by atoms with E-state index < -0.39 is 5.66 Å². The molecule has 0 radical (unpaired) electrons. The van der Waals surface area contributed by atoms with Gasteiger partial charge < -0.3 is 10.2 Å². The van der Waals surface area contributed by atoms with Gasteiger partial charge in [0.15, 0.2) is 0 Å². The molecule has 2 N–H and O–H groups in total. The van der Waals surface area contributed by atoms with Crippen molar-refractivity contribution in [3.63, 3.8) is 0 Å². The summed E-state index contributed by atoms with van der Waals surface area (Å²) in [7, 11) is 0. The molecule has 164 valence electrons. The largest absolute Gasteiger partial charge is 0.506 e. The minimum atomic E-state index is -1.03. The van der Waals surface area contributed by atoms with Crippen LogP contribution in [0.25, 0.3) is 0 Å². The fourth-order valence-electron chi connectivity index (χ4n) is 5.20. The van der Waals surface area contributed by atoms with Crippen molar-refractivity contribution in [2.75, 3.05) is 9.80 Å². The first-order valence-electron chi connectivity index (χ1n) is 10.2. The number of amides is 2. The van der Waals surface area contributed by atoms with E-state index in [1.807, 2.05) is 27.7 Å². The maximum atomic E-state index is 13.5. The zero-order valence-corrected chi connectivity index (χ0v) is 19.1. The highest BCUT2D eigenvalue weighted by Crippen LogP contribution is 2.56. The molecule has 4 atom stereocenters. The molecule has 0 aliphatic carbocycles. The maximum absolute atomic E-state index is 13.5. The van der Waals surface area contributed by atoms with E-state index in [0.29, 0.717) is 11.4 Å². The van der Waals surface area contributed by atoms with E-state index in [-0.39, 0.29) is 57.0 Å². The van der Waals surface area contributed by atoms with Gasteiger partial charge in [-0.3, -0.25) is 19.4 Å². The van der Waals surface area contributed by atoms with Gasteiger partial charge in [-0.1, -0.05) is 50.9 Å². The van der Waals surface area contributed by atoms with E-state index in [1.165, 1.54) is 24.3 Å². The predicted molar refractivity (Wildman–Crippen MR) is 121 cm³/mol. The van der Waals surface area contributed by atoms with Crippen LogP contribution in [-0.4, -0.2) is 27.7 Å². The summed E-state index contributed by atoms with van der Waals surface area (Å²) in [5.74, 6) is -1.80. The van der Waals surface area contributed by atoms with Crippen molar-refractivity contribution < 1.29 is 19.8 Å². The molecule has 4 unspecified atom stereocenters. The van der Waals surface area contributed by atoms with Gasteiger partial charge in [-0.25, -0.2) is 0 Å². The van der Waals surface area contributed by atoms with E-state index in [2.05, 4.69) is 0 Å². The minimum Gasteiger partial charge on any atom is -0.506 e. The number of aromatic hydroxyl groups is 2. The average Bonchev–Trinajstić information content (AvgIpc) is 3.05. The van der Waals surface area contributed by atoms with Gasteiger partial charge in [-0.15, -0.1) is 0 Å². The molecule has 2 saturated heterocycles. The lowest BCUT2D eigenvalue weighted by atomic mass is 9.77. The van der Waals surface area contributed by atoms with Gasteiger partial charge in [0.25, 0.3) is 0 Å². The number of carbonyl (C=O) groups excluding carboxylic acids is 2. The van der Waals surface area contributed by atoms with Crippen molar-refractivity contribution in [1.82, 2.24) is 0 Å². The van der Waals surface area contributed by atoms with Gasteiger partial charge in [0.1, 0.15) is 17.2 Å². The summed E-state index contributed by atoms with van der Waals surface area (Å²) in [6.45, 7) is 7.62. The number of benzene rings is 2. The number of hydrogen-bond donors (Lipinski definition) is 2.